The molecule has 0 atom stereocenters. The molecule has 1 heterocycles. The zero-order valence-corrected chi connectivity index (χ0v) is 13.5. The lowest BCUT2D eigenvalue weighted by molar-refractivity contribution is 0.176. The van der Waals surface area contributed by atoms with Crippen LogP contribution in [0.2, 0.25) is 0 Å². The van der Waals surface area contributed by atoms with Gasteiger partial charge < -0.3 is 19.9 Å². The highest BCUT2D eigenvalue weighted by Gasteiger charge is 2.05. The zero-order chi connectivity index (χ0) is 16.5. The van der Waals surface area contributed by atoms with Crippen LogP contribution in [0, 0.1) is 0 Å². The molecule has 0 radical (unpaired) electrons. The monoisotopic (exact) mass is 334 g/mol. The molecule has 1 aromatic heterocycles. The van der Waals surface area contributed by atoms with E-state index in [0.29, 0.717) is 35.7 Å². The zero-order valence-electron chi connectivity index (χ0n) is 12.7. The lowest BCUT2D eigenvalue weighted by Crippen LogP contribution is -2.05. The minimum absolute atomic E-state index is 0.406. The van der Waals surface area contributed by atoms with Gasteiger partial charge in [0, 0.05) is 5.38 Å². The molecule has 2 rings (SSSR count). The molecule has 2 aromatic rings. The number of nitrogens with one attached hydrogen (secondary N) is 1. The molecule has 0 fully saturated rings. The third-order valence-electron chi connectivity index (χ3n) is 2.66. The largest absolute Gasteiger partial charge is 0.498 e. The van der Waals surface area contributed by atoms with Crippen LogP contribution in [-0.4, -0.2) is 31.5 Å². The Hall–Kier alpha value is -2.74. The minimum atomic E-state index is 0.406. The minimum Gasteiger partial charge on any atom is -0.498 e. The molecule has 23 heavy (non-hydrogen) atoms. The molecule has 3 N–H and O–H groups in total. The summed E-state index contributed by atoms with van der Waals surface area (Å²) in [6.07, 6.45) is 3.04. The summed E-state index contributed by atoms with van der Waals surface area (Å²) in [7, 11) is 1.58. The number of anilines is 2. The smallest absolute Gasteiger partial charge is 0.205 e. The summed E-state index contributed by atoms with van der Waals surface area (Å²) in [5, 5.41) is 6.48. The van der Waals surface area contributed by atoms with Gasteiger partial charge in [0.1, 0.15) is 19.0 Å². The number of rotatable bonds is 9. The van der Waals surface area contributed by atoms with Gasteiger partial charge in [0.25, 0.3) is 0 Å². The van der Waals surface area contributed by atoms with E-state index in [0.717, 1.165) is 5.56 Å². The van der Waals surface area contributed by atoms with Gasteiger partial charge in [-0.3, -0.25) is 5.43 Å². The number of nitrogens with zero attached hydrogens (tertiary/aromatic N) is 2. The maximum atomic E-state index is 5.58. The van der Waals surface area contributed by atoms with Crippen LogP contribution in [0.15, 0.2) is 41.5 Å². The Morgan fingerprint density at radius 3 is 2.96 bits per heavy atom. The van der Waals surface area contributed by atoms with Gasteiger partial charge in [-0.2, -0.15) is 5.10 Å². The highest BCUT2D eigenvalue weighted by molar-refractivity contribution is 7.14. The van der Waals surface area contributed by atoms with Crippen molar-refractivity contribution in [1.82, 2.24) is 4.98 Å². The van der Waals surface area contributed by atoms with Crippen molar-refractivity contribution < 1.29 is 14.2 Å². The molecular formula is C15H18N4O3S. The Morgan fingerprint density at radius 1 is 1.39 bits per heavy atom. The molecule has 7 nitrogen and oxygen atoms in total. The van der Waals surface area contributed by atoms with E-state index in [2.05, 4.69) is 22.1 Å². The molecule has 8 heteroatoms. The van der Waals surface area contributed by atoms with E-state index in [4.69, 9.17) is 19.9 Å². The molecule has 0 aliphatic rings. The first kappa shape index (κ1) is 16.6. The van der Waals surface area contributed by atoms with Crippen LogP contribution in [0.3, 0.4) is 0 Å². The molecule has 0 spiro atoms. The average molecular weight is 334 g/mol. The standard InChI is InChI=1S/C15H18N4O3S/c1-3-21-6-7-22-12-5-4-11(8-13(12)20-2)9-17-19-15-18-14(16)10-23-15/h3-5,8-10H,1,6-7,16H2,2H3,(H,18,19). The van der Waals surface area contributed by atoms with E-state index >= 15 is 0 Å². The molecular weight excluding hydrogens is 316 g/mol. The number of ether oxygens (including phenoxy) is 3. The molecule has 0 bridgehead atoms. The normalized spacial score (nSPS) is 10.5. The van der Waals surface area contributed by atoms with Crippen molar-refractivity contribution in [3.05, 3.63) is 42.0 Å². The van der Waals surface area contributed by atoms with Gasteiger partial charge in [0.2, 0.25) is 5.13 Å². The number of nitrogen functional groups attached to an aromatic ring is 1. The number of aromatic nitrogens is 1. The van der Waals surface area contributed by atoms with Crippen molar-refractivity contribution in [2.45, 2.75) is 0 Å². The summed E-state index contributed by atoms with van der Waals surface area (Å²) < 4.78 is 15.9. The lowest BCUT2D eigenvalue weighted by atomic mass is 10.2. The van der Waals surface area contributed by atoms with Crippen LogP contribution in [0.25, 0.3) is 0 Å². The number of hydrogen-bond donors (Lipinski definition) is 2. The van der Waals surface area contributed by atoms with Gasteiger partial charge in [-0.1, -0.05) is 6.58 Å². The number of nitrogens with two attached hydrogens (primary N) is 1. The quantitative estimate of drug-likeness (QED) is 0.317. The fraction of sp³-hybridized carbons (Fsp3) is 0.200. The highest BCUT2D eigenvalue weighted by atomic mass is 32.1. The van der Waals surface area contributed by atoms with Crippen molar-refractivity contribution >= 4 is 28.5 Å². The molecule has 0 unspecified atom stereocenters. The number of benzene rings is 1. The summed E-state index contributed by atoms with van der Waals surface area (Å²) in [4.78, 5) is 4.05. The van der Waals surface area contributed by atoms with Crippen molar-refractivity contribution in [1.29, 1.82) is 0 Å². The predicted octanol–water partition coefficient (Wildman–Crippen LogP) is 2.72. The molecule has 0 saturated carbocycles. The van der Waals surface area contributed by atoms with Gasteiger partial charge in [0.15, 0.2) is 11.5 Å². The first-order valence-electron chi connectivity index (χ1n) is 6.76. The molecule has 0 aliphatic carbocycles. The van der Waals surface area contributed by atoms with E-state index in [1.165, 1.54) is 17.6 Å². The van der Waals surface area contributed by atoms with Gasteiger partial charge in [-0.15, -0.1) is 11.3 Å². The lowest BCUT2D eigenvalue weighted by Gasteiger charge is -2.11. The van der Waals surface area contributed by atoms with Crippen LogP contribution in [0.5, 0.6) is 11.5 Å². The van der Waals surface area contributed by atoms with Crippen LogP contribution < -0.4 is 20.6 Å². The summed E-state index contributed by atoms with van der Waals surface area (Å²) in [6.45, 7) is 4.30. The highest BCUT2D eigenvalue weighted by Crippen LogP contribution is 2.27. The van der Waals surface area contributed by atoms with Gasteiger partial charge in [-0.05, 0) is 23.8 Å². The van der Waals surface area contributed by atoms with Crippen molar-refractivity contribution in [3.8, 4) is 11.5 Å². The topological polar surface area (TPSA) is 91.0 Å². The van der Waals surface area contributed by atoms with Gasteiger partial charge >= 0.3 is 0 Å². The first-order chi connectivity index (χ1) is 11.2. The second kappa shape index (κ2) is 8.64. The first-order valence-corrected chi connectivity index (χ1v) is 7.64. The van der Waals surface area contributed by atoms with Crippen LogP contribution in [-0.2, 0) is 4.74 Å². The molecule has 122 valence electrons. The van der Waals surface area contributed by atoms with E-state index in [9.17, 15) is 0 Å². The van der Waals surface area contributed by atoms with Crippen LogP contribution >= 0.6 is 11.3 Å². The molecule has 1 aromatic carbocycles. The average Bonchev–Trinajstić information content (AvgIpc) is 2.97. The second-order valence-corrected chi connectivity index (χ2v) is 5.10. The van der Waals surface area contributed by atoms with Crippen LogP contribution in [0.4, 0.5) is 10.9 Å². The third kappa shape index (κ3) is 5.19. The summed E-state index contributed by atoms with van der Waals surface area (Å²) in [5.41, 5.74) is 9.21. The maximum absolute atomic E-state index is 5.58. The number of hydrogen-bond acceptors (Lipinski definition) is 8. The predicted molar refractivity (Wildman–Crippen MR) is 92.4 cm³/mol. The van der Waals surface area contributed by atoms with Gasteiger partial charge in [0.05, 0.1) is 19.6 Å². The Kier molecular flexibility index (Phi) is 6.25. The Labute approximate surface area is 138 Å². The summed E-state index contributed by atoms with van der Waals surface area (Å²) in [5.74, 6) is 1.72. The Balaban J connectivity index is 1.95. The summed E-state index contributed by atoms with van der Waals surface area (Å²) in [6, 6.07) is 5.51. The number of hydrazone groups is 1. The molecule has 0 saturated heterocycles. The second-order valence-electron chi connectivity index (χ2n) is 4.24. The molecule has 0 amide bonds. The Morgan fingerprint density at radius 2 is 2.26 bits per heavy atom. The maximum Gasteiger partial charge on any atom is 0.205 e. The Bertz CT molecular complexity index is 672. The van der Waals surface area contributed by atoms with Crippen molar-refractivity contribution in [3.63, 3.8) is 0 Å². The fourth-order valence-electron chi connectivity index (χ4n) is 1.67. The van der Waals surface area contributed by atoms with E-state index < -0.39 is 0 Å². The number of thiazole rings is 1. The van der Waals surface area contributed by atoms with E-state index in [1.54, 1.807) is 18.7 Å². The molecule has 0 aliphatic heterocycles. The van der Waals surface area contributed by atoms with E-state index in [-0.39, 0.29) is 0 Å². The summed E-state index contributed by atoms with van der Waals surface area (Å²) >= 11 is 1.38. The van der Waals surface area contributed by atoms with E-state index in [1.807, 2.05) is 18.2 Å². The van der Waals surface area contributed by atoms with Gasteiger partial charge in [-0.25, -0.2) is 4.98 Å². The number of methoxy groups -OCH3 is 1. The van der Waals surface area contributed by atoms with Crippen molar-refractivity contribution in [2.75, 3.05) is 31.5 Å². The fourth-order valence-corrected chi connectivity index (χ4v) is 2.21. The van der Waals surface area contributed by atoms with Crippen LogP contribution in [0.1, 0.15) is 5.56 Å². The third-order valence-corrected chi connectivity index (χ3v) is 3.43. The van der Waals surface area contributed by atoms with Crippen molar-refractivity contribution in [2.24, 2.45) is 5.10 Å². The SMILES string of the molecule is C=COCCOc1ccc(C=NNc2nc(N)cs2)cc1OC.